The lowest BCUT2D eigenvalue weighted by molar-refractivity contribution is -0.139. The van der Waals surface area contributed by atoms with Crippen molar-refractivity contribution < 1.29 is 34.4 Å². The Morgan fingerprint density at radius 1 is 1.20 bits per heavy atom. The molecule has 0 heterocycles. The predicted molar refractivity (Wildman–Crippen MR) is 133 cm³/mol. The van der Waals surface area contributed by atoms with Crippen LogP contribution in [0.3, 0.4) is 0 Å². The molecule has 0 aromatic heterocycles. The number of hydrogen-bond acceptors (Lipinski definition) is 7. The molecule has 5 N–H and O–H groups in total. The number of ether oxygens (including phenoxy) is 1. The fourth-order valence-electron chi connectivity index (χ4n) is 2.78. The van der Waals surface area contributed by atoms with Crippen LogP contribution in [0.2, 0.25) is 10.0 Å². The molecule has 0 radical (unpaired) electrons. The van der Waals surface area contributed by atoms with Crippen LogP contribution in [0.5, 0.6) is 5.75 Å². The Morgan fingerprint density at radius 3 is 2.37 bits per heavy atom. The van der Waals surface area contributed by atoms with Gasteiger partial charge in [-0.15, -0.1) is 0 Å². The molecule has 0 aliphatic carbocycles. The Morgan fingerprint density at radius 2 is 1.86 bits per heavy atom. The summed E-state index contributed by atoms with van der Waals surface area (Å²) in [6.07, 6.45) is 1.70. The van der Waals surface area contributed by atoms with Crippen LogP contribution < -0.4 is 10.6 Å². The molecule has 0 fully saturated rings. The summed E-state index contributed by atoms with van der Waals surface area (Å²) in [7, 11) is 1.50. The number of phenolic OH excluding ortho intramolecular Hbond substituents is 1. The van der Waals surface area contributed by atoms with Crippen molar-refractivity contribution in [1.29, 1.82) is 0 Å². The van der Waals surface area contributed by atoms with Crippen molar-refractivity contribution in [2.75, 3.05) is 20.2 Å². The quantitative estimate of drug-likeness (QED) is 0.220. The lowest BCUT2D eigenvalue weighted by Crippen LogP contribution is -2.44. The fraction of sp³-hybridized carbons (Fsp3) is 0.292. The molecular weight excluding hydrogens is 499 g/mol. The first-order chi connectivity index (χ1) is 16.6. The van der Waals surface area contributed by atoms with Crippen LogP contribution in [0, 0.1) is 0 Å². The van der Waals surface area contributed by atoms with Crippen LogP contribution in [-0.2, 0) is 16.0 Å². The zero-order valence-corrected chi connectivity index (χ0v) is 20.6. The summed E-state index contributed by atoms with van der Waals surface area (Å²) in [6.45, 7) is 3.44. The molecular formula is C24H28Cl2N2O7. The second-order valence-corrected chi connectivity index (χ2v) is 8.00. The number of aliphatic carboxylic acids is 1. The van der Waals surface area contributed by atoms with E-state index in [2.05, 4.69) is 21.9 Å². The number of alkyl carbamates (subject to hydrolysis) is 1. The number of carboxylic acids is 1. The second-order valence-electron chi connectivity index (χ2n) is 7.19. The largest absolute Gasteiger partial charge is 0.508 e. The van der Waals surface area contributed by atoms with Gasteiger partial charge in [0.1, 0.15) is 18.4 Å². The molecule has 0 bridgehead atoms. The predicted octanol–water partition coefficient (Wildman–Crippen LogP) is 3.75. The van der Waals surface area contributed by atoms with Gasteiger partial charge in [-0.1, -0.05) is 48.0 Å². The molecule has 1 unspecified atom stereocenters. The van der Waals surface area contributed by atoms with Gasteiger partial charge in [-0.2, -0.15) is 0 Å². The number of aliphatic hydroxyl groups excluding tert-OH is 1. The maximum Gasteiger partial charge on any atom is 0.407 e. The second kappa shape index (κ2) is 15.7. The average molecular weight is 527 g/mol. The summed E-state index contributed by atoms with van der Waals surface area (Å²) in [5, 5.41) is 33.5. The summed E-state index contributed by atoms with van der Waals surface area (Å²) in [6, 6.07) is 9.04. The molecule has 2 aromatic rings. The van der Waals surface area contributed by atoms with E-state index in [-0.39, 0.29) is 24.5 Å². The van der Waals surface area contributed by atoms with Gasteiger partial charge < -0.3 is 30.7 Å². The van der Waals surface area contributed by atoms with E-state index < -0.39 is 24.2 Å². The highest BCUT2D eigenvalue weighted by Gasteiger charge is 2.15. The molecule has 1 amide bonds. The number of amides is 1. The van der Waals surface area contributed by atoms with Gasteiger partial charge in [0, 0.05) is 6.54 Å². The Hall–Kier alpha value is -3.11. The third-order valence-corrected chi connectivity index (χ3v) is 5.27. The highest BCUT2D eigenvalue weighted by Crippen LogP contribution is 2.28. The van der Waals surface area contributed by atoms with Gasteiger partial charge in [-0.05, 0) is 55.3 Å². The van der Waals surface area contributed by atoms with Gasteiger partial charge in [0.25, 0.3) is 0 Å². The van der Waals surface area contributed by atoms with Gasteiger partial charge >= 0.3 is 12.1 Å². The van der Waals surface area contributed by atoms with Gasteiger partial charge in [-0.3, -0.25) is 9.59 Å². The Kier molecular flexibility index (Phi) is 13.4. The van der Waals surface area contributed by atoms with Crippen molar-refractivity contribution in [1.82, 2.24) is 10.6 Å². The first-order valence-electron chi connectivity index (χ1n) is 10.4. The molecule has 2 atom stereocenters. The lowest BCUT2D eigenvalue weighted by Gasteiger charge is -2.12. The Balaban J connectivity index is 0.000000383. The van der Waals surface area contributed by atoms with E-state index in [4.69, 9.17) is 28.3 Å². The van der Waals surface area contributed by atoms with Crippen LogP contribution >= 0.6 is 23.2 Å². The molecule has 35 heavy (non-hydrogen) atoms. The number of hydrogen-bond donors (Lipinski definition) is 5. The number of carboxylic acid groups (broad SMARTS) is 1. The molecule has 0 aliphatic rings. The van der Waals surface area contributed by atoms with Crippen LogP contribution in [0.1, 0.15) is 34.0 Å². The Labute approximate surface area is 213 Å². The SMILES string of the molecule is C=CCOC(=O)NC[C@H](NC)C(=O)O.O=Cc1c(Cl)cc(CCC(O)c2cccc(O)c2)cc1Cl. The molecule has 0 saturated heterocycles. The maximum absolute atomic E-state index is 10.8. The number of aromatic hydroxyl groups is 1. The molecule has 2 aromatic carbocycles. The Bertz CT molecular complexity index is 994. The minimum atomic E-state index is -1.03. The molecule has 0 saturated carbocycles. The molecule has 9 nitrogen and oxygen atoms in total. The summed E-state index contributed by atoms with van der Waals surface area (Å²) in [4.78, 5) is 32.1. The minimum absolute atomic E-state index is 0.0260. The van der Waals surface area contributed by atoms with E-state index >= 15 is 0 Å². The van der Waals surface area contributed by atoms with E-state index in [1.54, 1.807) is 30.3 Å². The van der Waals surface area contributed by atoms with E-state index in [1.807, 2.05) is 0 Å². The number of halogens is 2. The first kappa shape index (κ1) is 29.9. The van der Waals surface area contributed by atoms with Crippen LogP contribution in [0.15, 0.2) is 49.1 Å². The van der Waals surface area contributed by atoms with Crippen molar-refractivity contribution in [3.63, 3.8) is 0 Å². The minimum Gasteiger partial charge on any atom is -0.508 e. The number of aliphatic hydroxyl groups is 1. The van der Waals surface area contributed by atoms with Crippen molar-refractivity contribution in [3.05, 3.63) is 75.8 Å². The van der Waals surface area contributed by atoms with Crippen LogP contribution in [0.4, 0.5) is 4.79 Å². The maximum atomic E-state index is 10.8. The summed E-state index contributed by atoms with van der Waals surface area (Å²) in [5.41, 5.74) is 1.77. The number of nitrogens with one attached hydrogen (secondary N) is 2. The summed E-state index contributed by atoms with van der Waals surface area (Å²) >= 11 is 12.0. The van der Waals surface area contributed by atoms with E-state index in [1.165, 1.54) is 19.2 Å². The number of carbonyl (C=O) groups excluding carboxylic acids is 2. The zero-order chi connectivity index (χ0) is 26.4. The molecule has 0 spiro atoms. The fourth-order valence-corrected chi connectivity index (χ4v) is 3.40. The number of benzene rings is 2. The van der Waals surface area contributed by atoms with Crippen molar-refractivity contribution in [2.24, 2.45) is 0 Å². The van der Waals surface area contributed by atoms with Crippen molar-refractivity contribution >= 4 is 41.6 Å². The monoisotopic (exact) mass is 526 g/mol. The number of likely N-dealkylation sites (N-methyl/N-ethyl adjacent to an activating group) is 1. The normalized spacial score (nSPS) is 11.9. The number of carbonyl (C=O) groups is 3. The number of aryl methyl sites for hydroxylation is 1. The highest BCUT2D eigenvalue weighted by molar-refractivity contribution is 6.38. The number of aldehydes is 1. The highest BCUT2D eigenvalue weighted by atomic mass is 35.5. The van der Waals surface area contributed by atoms with E-state index in [0.717, 1.165) is 5.56 Å². The molecule has 0 aliphatic heterocycles. The topological polar surface area (TPSA) is 145 Å². The number of rotatable bonds is 11. The van der Waals surface area contributed by atoms with Gasteiger partial charge in [0.05, 0.1) is 21.7 Å². The van der Waals surface area contributed by atoms with E-state index in [9.17, 15) is 24.6 Å². The van der Waals surface area contributed by atoms with Crippen molar-refractivity contribution in [3.8, 4) is 5.75 Å². The van der Waals surface area contributed by atoms with Crippen LogP contribution in [0.25, 0.3) is 0 Å². The van der Waals surface area contributed by atoms with Gasteiger partial charge in [0.2, 0.25) is 0 Å². The third kappa shape index (κ3) is 10.8. The number of phenols is 1. The summed E-state index contributed by atoms with van der Waals surface area (Å²) in [5.74, 6) is -0.913. The lowest BCUT2D eigenvalue weighted by atomic mass is 10.0. The van der Waals surface area contributed by atoms with Gasteiger partial charge in [-0.25, -0.2) is 4.79 Å². The van der Waals surface area contributed by atoms with E-state index in [0.29, 0.717) is 34.7 Å². The zero-order valence-electron chi connectivity index (χ0n) is 19.0. The van der Waals surface area contributed by atoms with Gasteiger partial charge in [0.15, 0.2) is 6.29 Å². The first-order valence-corrected chi connectivity index (χ1v) is 11.2. The molecule has 2 rings (SSSR count). The van der Waals surface area contributed by atoms with Crippen LogP contribution in [-0.4, -0.2) is 59.9 Å². The standard InChI is InChI=1S/C16H14Cl2O3.C8H14N2O4/c17-14-6-10(7-15(18)13(14)9-19)4-5-16(21)11-2-1-3-12(20)8-11;1-3-4-14-8(13)10-5-6(9-2)7(11)12/h1-3,6-9,16,20-21H,4-5H2;3,6,9H,1,4-5H2,2H3,(H,10,13)(H,11,12)/t;6-/m.0/s1. The third-order valence-electron chi connectivity index (χ3n) is 4.65. The molecule has 11 heteroatoms. The molecule has 190 valence electrons. The summed E-state index contributed by atoms with van der Waals surface area (Å²) < 4.78 is 4.58. The average Bonchev–Trinajstić information content (AvgIpc) is 2.81. The van der Waals surface area contributed by atoms with Crippen molar-refractivity contribution in [2.45, 2.75) is 25.0 Å². The smallest absolute Gasteiger partial charge is 0.407 e.